The van der Waals surface area contributed by atoms with Crippen molar-refractivity contribution in [3.05, 3.63) is 0 Å². The summed E-state index contributed by atoms with van der Waals surface area (Å²) in [6.07, 6.45) is 1.55. The standard InChI is InChI=1S/C10H20N2O3/c1-7(3-2-4-13)12-10(15)9-5-8(14)6-11-9/h7-9,11,13-14H,2-6H2,1H3,(H,12,15). The minimum Gasteiger partial charge on any atom is -0.396 e. The van der Waals surface area contributed by atoms with Gasteiger partial charge in [0, 0.05) is 19.2 Å². The number of nitrogens with one attached hydrogen (secondary N) is 2. The second-order valence-corrected chi connectivity index (χ2v) is 4.13. The van der Waals surface area contributed by atoms with Gasteiger partial charge in [0.2, 0.25) is 5.91 Å². The van der Waals surface area contributed by atoms with Crippen LogP contribution in [0.15, 0.2) is 0 Å². The zero-order valence-corrected chi connectivity index (χ0v) is 9.07. The van der Waals surface area contributed by atoms with Crippen LogP contribution < -0.4 is 10.6 Å². The van der Waals surface area contributed by atoms with Crippen molar-refractivity contribution in [1.29, 1.82) is 0 Å². The maximum Gasteiger partial charge on any atom is 0.237 e. The lowest BCUT2D eigenvalue weighted by molar-refractivity contribution is -0.123. The number of aliphatic hydroxyl groups excluding tert-OH is 2. The Labute approximate surface area is 89.9 Å². The SMILES string of the molecule is CC(CCCO)NC(=O)C1CC(O)CN1. The van der Waals surface area contributed by atoms with Crippen LogP contribution in [-0.2, 0) is 4.79 Å². The van der Waals surface area contributed by atoms with E-state index < -0.39 is 6.10 Å². The molecule has 0 saturated carbocycles. The van der Waals surface area contributed by atoms with Gasteiger partial charge in [-0.25, -0.2) is 0 Å². The molecule has 1 aliphatic heterocycles. The monoisotopic (exact) mass is 216 g/mol. The normalized spacial score (nSPS) is 27.7. The van der Waals surface area contributed by atoms with Crippen LogP contribution in [0.1, 0.15) is 26.2 Å². The largest absolute Gasteiger partial charge is 0.396 e. The number of β-amino-alcohol motifs (C(OH)–C–C–N with tert-alkyl or cyclic N) is 1. The van der Waals surface area contributed by atoms with Gasteiger partial charge in [0.25, 0.3) is 0 Å². The van der Waals surface area contributed by atoms with E-state index in [9.17, 15) is 9.90 Å². The number of hydrogen-bond acceptors (Lipinski definition) is 4. The first-order chi connectivity index (χ1) is 7.13. The molecule has 0 radical (unpaired) electrons. The van der Waals surface area contributed by atoms with E-state index in [0.29, 0.717) is 19.4 Å². The summed E-state index contributed by atoms with van der Waals surface area (Å²) in [5.41, 5.74) is 0. The third-order valence-electron chi connectivity index (χ3n) is 2.61. The fourth-order valence-corrected chi connectivity index (χ4v) is 1.73. The number of carbonyl (C=O) groups excluding carboxylic acids is 1. The average molecular weight is 216 g/mol. The van der Waals surface area contributed by atoms with E-state index in [2.05, 4.69) is 10.6 Å². The van der Waals surface area contributed by atoms with E-state index in [1.165, 1.54) is 0 Å². The molecule has 1 fully saturated rings. The first-order valence-corrected chi connectivity index (χ1v) is 5.46. The van der Waals surface area contributed by atoms with Crippen molar-refractivity contribution in [1.82, 2.24) is 10.6 Å². The summed E-state index contributed by atoms with van der Waals surface area (Å²) in [6.45, 7) is 2.56. The van der Waals surface area contributed by atoms with Crippen LogP contribution in [0, 0.1) is 0 Å². The third kappa shape index (κ3) is 4.15. The van der Waals surface area contributed by atoms with Crippen LogP contribution >= 0.6 is 0 Å². The predicted molar refractivity (Wildman–Crippen MR) is 56.3 cm³/mol. The highest BCUT2D eigenvalue weighted by Crippen LogP contribution is 2.07. The maximum absolute atomic E-state index is 11.6. The summed E-state index contributed by atoms with van der Waals surface area (Å²) in [4.78, 5) is 11.6. The molecule has 3 unspecified atom stereocenters. The fraction of sp³-hybridized carbons (Fsp3) is 0.900. The minimum absolute atomic E-state index is 0.0583. The van der Waals surface area contributed by atoms with Gasteiger partial charge in [-0.2, -0.15) is 0 Å². The molecule has 5 nitrogen and oxygen atoms in total. The molecule has 0 aromatic carbocycles. The molecule has 0 aromatic heterocycles. The summed E-state index contributed by atoms with van der Waals surface area (Å²) in [5.74, 6) is -0.0583. The van der Waals surface area contributed by atoms with E-state index in [4.69, 9.17) is 5.11 Å². The number of aliphatic hydroxyl groups is 2. The van der Waals surface area contributed by atoms with Crippen LogP contribution in [0.25, 0.3) is 0 Å². The van der Waals surface area contributed by atoms with Crippen LogP contribution in [0.5, 0.6) is 0 Å². The Morgan fingerprint density at radius 3 is 2.93 bits per heavy atom. The molecule has 88 valence electrons. The third-order valence-corrected chi connectivity index (χ3v) is 2.61. The van der Waals surface area contributed by atoms with Crippen molar-refractivity contribution >= 4 is 5.91 Å². The molecule has 5 heteroatoms. The van der Waals surface area contributed by atoms with Gasteiger partial charge < -0.3 is 20.8 Å². The van der Waals surface area contributed by atoms with Crippen molar-refractivity contribution in [3.8, 4) is 0 Å². The first-order valence-electron chi connectivity index (χ1n) is 5.46. The Hall–Kier alpha value is -0.650. The summed E-state index contributed by atoms with van der Waals surface area (Å²) >= 11 is 0. The second kappa shape index (κ2) is 6.05. The number of hydrogen-bond donors (Lipinski definition) is 4. The molecule has 0 spiro atoms. The molecular formula is C10H20N2O3. The van der Waals surface area contributed by atoms with Gasteiger partial charge in [-0.1, -0.05) is 0 Å². The van der Waals surface area contributed by atoms with Gasteiger partial charge in [0.1, 0.15) is 0 Å². The molecular weight excluding hydrogens is 196 g/mol. The Balaban J connectivity index is 2.23. The number of carbonyl (C=O) groups is 1. The quantitative estimate of drug-likeness (QED) is 0.474. The molecule has 0 aliphatic carbocycles. The van der Waals surface area contributed by atoms with Crippen molar-refractivity contribution < 1.29 is 15.0 Å². The molecule has 1 rings (SSSR count). The Morgan fingerprint density at radius 2 is 2.40 bits per heavy atom. The van der Waals surface area contributed by atoms with E-state index in [-0.39, 0.29) is 24.6 Å². The van der Waals surface area contributed by atoms with Gasteiger partial charge >= 0.3 is 0 Å². The van der Waals surface area contributed by atoms with Crippen LogP contribution in [0.3, 0.4) is 0 Å². The van der Waals surface area contributed by atoms with Crippen molar-refractivity contribution in [2.75, 3.05) is 13.2 Å². The van der Waals surface area contributed by atoms with Crippen LogP contribution in [-0.4, -0.2) is 47.5 Å². The molecule has 15 heavy (non-hydrogen) atoms. The van der Waals surface area contributed by atoms with Gasteiger partial charge in [-0.15, -0.1) is 0 Å². The van der Waals surface area contributed by atoms with Crippen molar-refractivity contribution in [2.45, 2.75) is 44.4 Å². The molecule has 3 atom stereocenters. The van der Waals surface area contributed by atoms with E-state index >= 15 is 0 Å². The molecule has 4 N–H and O–H groups in total. The molecule has 1 aliphatic rings. The highest BCUT2D eigenvalue weighted by molar-refractivity contribution is 5.82. The summed E-state index contributed by atoms with van der Waals surface area (Å²) < 4.78 is 0. The molecule has 1 amide bonds. The molecule has 0 bridgehead atoms. The van der Waals surface area contributed by atoms with Crippen LogP contribution in [0.2, 0.25) is 0 Å². The Bertz CT molecular complexity index is 211. The van der Waals surface area contributed by atoms with E-state index in [1.54, 1.807) is 0 Å². The zero-order valence-electron chi connectivity index (χ0n) is 9.07. The van der Waals surface area contributed by atoms with Gasteiger partial charge in [0.15, 0.2) is 0 Å². The number of amides is 1. The van der Waals surface area contributed by atoms with Crippen molar-refractivity contribution in [3.63, 3.8) is 0 Å². The Morgan fingerprint density at radius 1 is 1.67 bits per heavy atom. The first kappa shape index (κ1) is 12.4. The fourth-order valence-electron chi connectivity index (χ4n) is 1.73. The minimum atomic E-state index is -0.409. The maximum atomic E-state index is 11.6. The average Bonchev–Trinajstić information content (AvgIpc) is 2.61. The number of rotatable bonds is 5. The van der Waals surface area contributed by atoms with Gasteiger partial charge in [0.05, 0.1) is 12.1 Å². The summed E-state index contributed by atoms with van der Waals surface area (Å²) in [5, 5.41) is 23.7. The molecule has 1 saturated heterocycles. The lowest BCUT2D eigenvalue weighted by atomic mass is 10.1. The van der Waals surface area contributed by atoms with Crippen molar-refractivity contribution in [2.24, 2.45) is 0 Å². The lowest BCUT2D eigenvalue weighted by Gasteiger charge is -2.16. The van der Waals surface area contributed by atoms with Crippen LogP contribution in [0.4, 0.5) is 0 Å². The zero-order chi connectivity index (χ0) is 11.3. The summed E-state index contributed by atoms with van der Waals surface area (Å²) in [7, 11) is 0. The highest BCUT2D eigenvalue weighted by Gasteiger charge is 2.28. The predicted octanol–water partition coefficient (Wildman–Crippen LogP) is -1.01. The van der Waals surface area contributed by atoms with Gasteiger partial charge in [-0.3, -0.25) is 4.79 Å². The van der Waals surface area contributed by atoms with E-state index in [1.807, 2.05) is 6.92 Å². The van der Waals surface area contributed by atoms with Gasteiger partial charge in [-0.05, 0) is 26.2 Å². The second-order valence-electron chi connectivity index (χ2n) is 4.13. The highest BCUT2D eigenvalue weighted by atomic mass is 16.3. The lowest BCUT2D eigenvalue weighted by Crippen LogP contribution is -2.44. The molecule has 0 aromatic rings. The smallest absolute Gasteiger partial charge is 0.237 e. The Kier molecular flexibility index (Phi) is 5.01. The topological polar surface area (TPSA) is 81.6 Å². The molecule has 1 heterocycles. The van der Waals surface area contributed by atoms with E-state index in [0.717, 1.165) is 6.42 Å². The summed E-state index contributed by atoms with van der Waals surface area (Å²) in [6, 6.07) is -0.194.